The van der Waals surface area contributed by atoms with Gasteiger partial charge in [-0.1, -0.05) is 42.5 Å². The number of alkyl halides is 3. The van der Waals surface area contributed by atoms with Gasteiger partial charge in [0.1, 0.15) is 5.75 Å². The van der Waals surface area contributed by atoms with Crippen LogP contribution in [0.5, 0.6) is 5.75 Å². The van der Waals surface area contributed by atoms with E-state index in [1.807, 2.05) is 0 Å². The molecule has 0 radical (unpaired) electrons. The quantitative estimate of drug-likeness (QED) is 0.123. The normalized spacial score (nSPS) is 12.2. The van der Waals surface area contributed by atoms with Crippen LogP contribution in [0.4, 0.5) is 24.7 Å². The lowest BCUT2D eigenvalue weighted by Crippen LogP contribution is -2.16. The Labute approximate surface area is 224 Å². The number of hydrogen-bond donors (Lipinski definition) is 2. The molecule has 3 aromatic carbocycles. The summed E-state index contributed by atoms with van der Waals surface area (Å²) in [7, 11) is 2.52. The van der Waals surface area contributed by atoms with E-state index in [4.69, 9.17) is 9.47 Å². The number of amides is 1. The predicted octanol–water partition coefficient (Wildman–Crippen LogP) is 6.09. The molecule has 0 saturated carbocycles. The zero-order chi connectivity index (χ0) is 28.9. The highest BCUT2D eigenvalue weighted by atomic mass is 19.4. The number of benzene rings is 3. The van der Waals surface area contributed by atoms with Crippen LogP contribution < -0.4 is 10.1 Å². The van der Waals surface area contributed by atoms with Gasteiger partial charge in [-0.25, -0.2) is 14.8 Å². The zero-order valence-corrected chi connectivity index (χ0v) is 20.9. The molecule has 2 N–H and O–H groups in total. The lowest BCUT2D eigenvalue weighted by atomic mass is 10.1. The van der Waals surface area contributed by atoms with E-state index < -0.39 is 41.2 Å². The van der Waals surface area contributed by atoms with Crippen molar-refractivity contribution >= 4 is 40.0 Å². The van der Waals surface area contributed by atoms with Gasteiger partial charge < -0.3 is 19.9 Å². The third-order valence-electron chi connectivity index (χ3n) is 5.44. The summed E-state index contributed by atoms with van der Waals surface area (Å²) in [6.45, 7) is 0. The molecular weight excluding hydrogens is 531 g/mol. The van der Waals surface area contributed by atoms with E-state index in [0.717, 1.165) is 0 Å². The number of methoxy groups -OCH3 is 2. The first-order valence-corrected chi connectivity index (χ1v) is 11.4. The van der Waals surface area contributed by atoms with Crippen LogP contribution >= 0.6 is 0 Å². The third kappa shape index (κ3) is 6.04. The topological polar surface area (TPSA) is 135 Å². The number of aliphatic hydroxyl groups is 1. The molecule has 0 aliphatic carbocycles. The first-order valence-electron chi connectivity index (χ1n) is 11.4. The number of carbonyl (C=O) groups is 2. The molecule has 0 atom stereocenters. The van der Waals surface area contributed by atoms with Crippen molar-refractivity contribution in [3.8, 4) is 5.75 Å². The van der Waals surface area contributed by atoms with E-state index in [0.29, 0.717) is 0 Å². The fourth-order valence-corrected chi connectivity index (χ4v) is 3.53. The summed E-state index contributed by atoms with van der Waals surface area (Å²) in [6, 6.07) is 17.8. The molecule has 4 rings (SSSR count). The molecule has 0 bridgehead atoms. The van der Waals surface area contributed by atoms with Gasteiger partial charge >= 0.3 is 12.1 Å². The number of aromatic nitrogens is 2. The van der Waals surface area contributed by atoms with Crippen molar-refractivity contribution in [1.82, 2.24) is 9.97 Å². The van der Waals surface area contributed by atoms with E-state index in [-0.39, 0.29) is 33.5 Å². The van der Waals surface area contributed by atoms with Crippen molar-refractivity contribution in [2.75, 3.05) is 19.5 Å². The Balaban J connectivity index is 1.83. The second kappa shape index (κ2) is 11.6. The summed E-state index contributed by atoms with van der Waals surface area (Å²) in [6.07, 6.45) is -4.88. The number of azo groups is 1. The standard InChI is InChI=1S/C27H20F3N5O5/c1-39-20-13-12-16(25(38)40-2)14-19(20)31-24(37)21(22(36)15-8-4-3-5-9-15)34-35-23-17-10-6-7-11-18(17)32-26(33-23)27(28,29)30/h3-14,36H,1-2H3,(H,31,37)/b22-21+,35-34+. The third-order valence-corrected chi connectivity index (χ3v) is 5.44. The first kappa shape index (κ1) is 27.7. The number of esters is 1. The van der Waals surface area contributed by atoms with Crippen molar-refractivity contribution in [3.63, 3.8) is 0 Å². The van der Waals surface area contributed by atoms with Crippen molar-refractivity contribution < 1.29 is 37.3 Å². The number of anilines is 1. The fourth-order valence-electron chi connectivity index (χ4n) is 3.53. The molecule has 1 aromatic heterocycles. The van der Waals surface area contributed by atoms with Crippen LogP contribution in [-0.4, -0.2) is 41.2 Å². The molecule has 1 heterocycles. The summed E-state index contributed by atoms with van der Waals surface area (Å²) in [5.41, 5.74) is -0.426. The molecule has 0 unspecified atom stereocenters. The molecule has 0 aliphatic heterocycles. The van der Waals surface area contributed by atoms with Gasteiger partial charge in [-0.05, 0) is 30.3 Å². The number of fused-ring (bicyclic) bond motifs is 1. The molecule has 0 fully saturated rings. The largest absolute Gasteiger partial charge is 0.505 e. The minimum atomic E-state index is -4.88. The molecule has 4 aromatic rings. The molecule has 204 valence electrons. The monoisotopic (exact) mass is 551 g/mol. The van der Waals surface area contributed by atoms with Gasteiger partial charge in [-0.3, -0.25) is 4.79 Å². The lowest BCUT2D eigenvalue weighted by molar-refractivity contribution is -0.144. The highest BCUT2D eigenvalue weighted by Gasteiger charge is 2.35. The Hall–Kier alpha value is -5.33. The SMILES string of the molecule is COC(=O)c1ccc(OC)c(NC(=O)C(/N=N/c2nc(C(F)(F)F)nc3ccccc23)=C(\O)c2ccccc2)c1. The van der Waals surface area contributed by atoms with Crippen LogP contribution in [0.3, 0.4) is 0 Å². The maximum Gasteiger partial charge on any atom is 0.451 e. The van der Waals surface area contributed by atoms with Gasteiger partial charge in [0, 0.05) is 10.9 Å². The second-order valence-corrected chi connectivity index (χ2v) is 8.01. The molecular formula is C27H20F3N5O5. The van der Waals surface area contributed by atoms with Crippen LogP contribution in [0, 0.1) is 0 Å². The van der Waals surface area contributed by atoms with Crippen molar-refractivity contribution in [3.05, 3.63) is 95.4 Å². The van der Waals surface area contributed by atoms with E-state index >= 15 is 0 Å². The highest BCUT2D eigenvalue weighted by molar-refractivity contribution is 6.08. The van der Waals surface area contributed by atoms with Gasteiger partial charge in [-0.2, -0.15) is 13.2 Å². The number of para-hydroxylation sites is 1. The average Bonchev–Trinajstić information content (AvgIpc) is 2.96. The zero-order valence-electron chi connectivity index (χ0n) is 20.9. The molecule has 13 heteroatoms. The summed E-state index contributed by atoms with van der Waals surface area (Å²) < 4.78 is 50.3. The number of nitrogens with zero attached hydrogens (tertiary/aromatic N) is 4. The van der Waals surface area contributed by atoms with Crippen LogP contribution in [0.1, 0.15) is 21.7 Å². The number of carbonyl (C=O) groups excluding carboxylic acids is 2. The van der Waals surface area contributed by atoms with Crippen LogP contribution in [0.25, 0.3) is 16.7 Å². The highest BCUT2D eigenvalue weighted by Crippen LogP contribution is 2.32. The number of hydrogen-bond acceptors (Lipinski definition) is 9. The summed E-state index contributed by atoms with van der Waals surface area (Å²) >= 11 is 0. The average molecular weight is 551 g/mol. The Morgan fingerprint density at radius 3 is 2.30 bits per heavy atom. The number of aliphatic hydroxyl groups excluding tert-OH is 1. The van der Waals surface area contributed by atoms with E-state index in [2.05, 4.69) is 25.5 Å². The van der Waals surface area contributed by atoms with Gasteiger partial charge in [0.2, 0.25) is 5.82 Å². The number of rotatable bonds is 7. The molecule has 1 amide bonds. The summed E-state index contributed by atoms with van der Waals surface area (Å²) in [5, 5.41) is 21.2. The molecule has 0 aliphatic rings. The minimum absolute atomic E-state index is 0.0239. The first-order chi connectivity index (χ1) is 19.1. The van der Waals surface area contributed by atoms with Gasteiger partial charge in [0.25, 0.3) is 5.91 Å². The fraction of sp³-hybridized carbons (Fsp3) is 0.111. The summed E-state index contributed by atoms with van der Waals surface area (Å²) in [4.78, 5) is 32.4. The number of ether oxygens (including phenoxy) is 2. The Morgan fingerprint density at radius 1 is 0.925 bits per heavy atom. The molecule has 40 heavy (non-hydrogen) atoms. The van der Waals surface area contributed by atoms with Crippen LogP contribution in [0.15, 0.2) is 88.7 Å². The van der Waals surface area contributed by atoms with Crippen LogP contribution in [0.2, 0.25) is 0 Å². The minimum Gasteiger partial charge on any atom is -0.505 e. The van der Waals surface area contributed by atoms with Crippen molar-refractivity contribution in [1.29, 1.82) is 0 Å². The second-order valence-electron chi connectivity index (χ2n) is 8.01. The summed E-state index contributed by atoms with van der Waals surface area (Å²) in [5.74, 6) is -4.09. The van der Waals surface area contributed by atoms with Gasteiger partial charge in [0.15, 0.2) is 17.3 Å². The molecule has 10 nitrogen and oxygen atoms in total. The van der Waals surface area contributed by atoms with Crippen LogP contribution in [-0.2, 0) is 15.7 Å². The maximum atomic E-state index is 13.4. The predicted molar refractivity (Wildman–Crippen MR) is 138 cm³/mol. The lowest BCUT2D eigenvalue weighted by Gasteiger charge is -2.12. The van der Waals surface area contributed by atoms with E-state index in [1.165, 1.54) is 62.8 Å². The van der Waals surface area contributed by atoms with Gasteiger partial charge in [0.05, 0.1) is 31.0 Å². The Bertz CT molecular complexity index is 1640. The van der Waals surface area contributed by atoms with Gasteiger partial charge in [-0.15, -0.1) is 10.2 Å². The van der Waals surface area contributed by atoms with Crippen molar-refractivity contribution in [2.24, 2.45) is 10.2 Å². The molecule has 0 saturated heterocycles. The van der Waals surface area contributed by atoms with Crippen molar-refractivity contribution in [2.45, 2.75) is 6.18 Å². The number of nitrogens with one attached hydrogen (secondary N) is 1. The Morgan fingerprint density at radius 2 is 1.62 bits per heavy atom. The maximum absolute atomic E-state index is 13.4. The Kier molecular flexibility index (Phi) is 8.03. The number of halogens is 3. The van der Waals surface area contributed by atoms with E-state index in [9.17, 15) is 27.9 Å². The smallest absolute Gasteiger partial charge is 0.451 e. The molecule has 0 spiro atoms. The van der Waals surface area contributed by atoms with E-state index in [1.54, 1.807) is 24.3 Å².